The second kappa shape index (κ2) is 14.1. The van der Waals surface area contributed by atoms with Gasteiger partial charge in [0, 0.05) is 71.1 Å². The number of benzene rings is 3. The summed E-state index contributed by atoms with van der Waals surface area (Å²) < 4.78 is 32.8. The zero-order chi connectivity index (χ0) is 36.0. The number of halogens is 2. The minimum atomic E-state index is -1.04. The number of carboxylic acids is 1. The highest BCUT2D eigenvalue weighted by Gasteiger charge is 2.30. The molecule has 6 aromatic rings. The topological polar surface area (TPSA) is 117 Å². The molecule has 0 saturated heterocycles. The molecule has 0 saturated carbocycles. The monoisotopic (exact) mass is 713 g/mol. The fourth-order valence-electron chi connectivity index (χ4n) is 7.48. The van der Waals surface area contributed by atoms with Crippen LogP contribution in [0.15, 0.2) is 48.5 Å². The van der Waals surface area contributed by atoms with Gasteiger partial charge in [-0.3, -0.25) is 9.36 Å². The van der Waals surface area contributed by atoms with E-state index in [1.54, 1.807) is 16.8 Å². The van der Waals surface area contributed by atoms with Crippen LogP contribution in [0.1, 0.15) is 69.8 Å². The van der Waals surface area contributed by atoms with Crippen LogP contribution in [0.3, 0.4) is 0 Å². The molecule has 0 spiro atoms. The van der Waals surface area contributed by atoms with E-state index in [0.29, 0.717) is 72.8 Å². The van der Waals surface area contributed by atoms with E-state index >= 15 is 0 Å². The average molecular weight is 714 g/mol. The molecule has 0 fully saturated rings. The van der Waals surface area contributed by atoms with Gasteiger partial charge in [0.1, 0.15) is 23.4 Å². The smallest absolute Gasteiger partial charge is 0.352 e. The van der Waals surface area contributed by atoms with E-state index in [9.17, 15) is 19.4 Å². The number of fused-ring (bicyclic) bond motifs is 8. The summed E-state index contributed by atoms with van der Waals surface area (Å²) >= 11 is 7.05. The molecule has 0 radical (unpaired) electrons. The van der Waals surface area contributed by atoms with Crippen molar-refractivity contribution in [3.63, 3.8) is 0 Å². The molecule has 51 heavy (non-hydrogen) atoms. The lowest BCUT2D eigenvalue weighted by atomic mass is 9.94. The molecule has 1 atom stereocenters. The highest BCUT2D eigenvalue weighted by Crippen LogP contribution is 2.44. The normalized spacial score (nSPS) is 15.5. The van der Waals surface area contributed by atoms with Crippen molar-refractivity contribution in [2.24, 2.45) is 14.1 Å². The molecule has 12 heteroatoms. The van der Waals surface area contributed by atoms with Gasteiger partial charge in [-0.05, 0) is 105 Å². The van der Waals surface area contributed by atoms with Crippen molar-refractivity contribution < 1.29 is 28.9 Å². The van der Waals surface area contributed by atoms with E-state index in [-0.39, 0.29) is 24.7 Å². The Kier molecular flexibility index (Phi) is 9.62. The molecule has 1 unspecified atom stereocenters. The molecule has 7 rings (SSSR count). The maximum atomic E-state index is 14.4. The largest absolute Gasteiger partial charge is 0.493 e. The Bertz CT molecular complexity index is 2290. The van der Waals surface area contributed by atoms with Gasteiger partial charge in [-0.2, -0.15) is 10.2 Å². The first-order valence-electron chi connectivity index (χ1n) is 17.2. The quantitative estimate of drug-likeness (QED) is 0.193. The number of aryl methyl sites for hydroxylation is 6. The number of aliphatic hydroxyl groups excluding tert-OH is 1. The summed E-state index contributed by atoms with van der Waals surface area (Å²) in [5, 5.41) is 32.8. The maximum absolute atomic E-state index is 14.4. The molecule has 1 aliphatic heterocycles. The molecule has 1 aliphatic rings. The predicted octanol–water partition coefficient (Wildman–Crippen LogP) is 7.63. The van der Waals surface area contributed by atoms with Crippen molar-refractivity contribution in [2.45, 2.75) is 65.2 Å². The number of aromatic nitrogens is 5. The molecule has 266 valence electrons. The van der Waals surface area contributed by atoms with E-state index in [4.69, 9.17) is 31.3 Å². The second-order valence-electron chi connectivity index (χ2n) is 13.3. The first kappa shape index (κ1) is 34.7. The summed E-state index contributed by atoms with van der Waals surface area (Å²) in [5.74, 6) is -0.703. The molecule has 0 amide bonds. The Balaban J connectivity index is 1.40. The van der Waals surface area contributed by atoms with E-state index in [1.807, 2.05) is 61.5 Å². The maximum Gasteiger partial charge on any atom is 0.352 e. The van der Waals surface area contributed by atoms with Gasteiger partial charge in [0.25, 0.3) is 0 Å². The Morgan fingerprint density at radius 1 is 1.04 bits per heavy atom. The van der Waals surface area contributed by atoms with E-state index in [0.717, 1.165) is 49.9 Å². The van der Waals surface area contributed by atoms with Gasteiger partial charge in [-0.15, -0.1) is 0 Å². The Morgan fingerprint density at radius 2 is 1.86 bits per heavy atom. The van der Waals surface area contributed by atoms with E-state index in [2.05, 4.69) is 0 Å². The van der Waals surface area contributed by atoms with E-state index < -0.39 is 12.1 Å². The van der Waals surface area contributed by atoms with Crippen LogP contribution >= 0.6 is 11.6 Å². The van der Waals surface area contributed by atoms with Crippen molar-refractivity contribution in [3.05, 3.63) is 99.0 Å². The highest BCUT2D eigenvalue weighted by molar-refractivity contribution is 6.35. The summed E-state index contributed by atoms with van der Waals surface area (Å²) in [6.45, 7) is 4.67. The van der Waals surface area contributed by atoms with Gasteiger partial charge < -0.3 is 24.3 Å². The van der Waals surface area contributed by atoms with Crippen molar-refractivity contribution >= 4 is 39.2 Å². The molecule has 10 nitrogen and oxygen atoms in total. The molecule has 8 bridgehead atoms. The molecule has 3 aromatic heterocycles. The zero-order valence-electron chi connectivity index (χ0n) is 29.2. The van der Waals surface area contributed by atoms with Crippen molar-refractivity contribution in [1.29, 1.82) is 0 Å². The van der Waals surface area contributed by atoms with Gasteiger partial charge in [0.15, 0.2) is 0 Å². The Hall–Kier alpha value is -4.71. The van der Waals surface area contributed by atoms with Crippen LogP contribution in [0.4, 0.5) is 4.39 Å². The summed E-state index contributed by atoms with van der Waals surface area (Å²) in [6.07, 6.45) is 2.36. The lowest BCUT2D eigenvalue weighted by molar-refractivity contribution is 0.0249. The lowest BCUT2D eigenvalue weighted by Crippen LogP contribution is -2.12. The van der Waals surface area contributed by atoms with Crippen LogP contribution in [0.2, 0.25) is 5.02 Å². The van der Waals surface area contributed by atoms with Gasteiger partial charge in [0.05, 0.1) is 24.6 Å². The minimum Gasteiger partial charge on any atom is -0.493 e. The number of aliphatic hydroxyl groups is 1. The van der Waals surface area contributed by atoms with Crippen LogP contribution in [-0.2, 0) is 44.8 Å². The van der Waals surface area contributed by atoms with Gasteiger partial charge in [-0.1, -0.05) is 17.7 Å². The molecule has 3 aromatic carbocycles. The third-order valence-electron chi connectivity index (χ3n) is 10.0. The van der Waals surface area contributed by atoms with E-state index in [1.165, 1.54) is 12.1 Å². The summed E-state index contributed by atoms with van der Waals surface area (Å²) in [4.78, 5) is 12.9. The first-order valence-corrected chi connectivity index (χ1v) is 17.6. The van der Waals surface area contributed by atoms with Crippen LogP contribution in [0.5, 0.6) is 5.75 Å². The van der Waals surface area contributed by atoms with Crippen molar-refractivity contribution in [1.82, 2.24) is 24.1 Å². The third-order valence-corrected chi connectivity index (χ3v) is 10.3. The second-order valence-corrected chi connectivity index (χ2v) is 13.7. The Labute approximate surface area is 300 Å². The Morgan fingerprint density at radius 3 is 2.65 bits per heavy atom. The van der Waals surface area contributed by atoms with Gasteiger partial charge in [0.2, 0.25) is 0 Å². The fourth-order valence-corrected chi connectivity index (χ4v) is 7.73. The van der Waals surface area contributed by atoms with Crippen LogP contribution in [0, 0.1) is 19.7 Å². The van der Waals surface area contributed by atoms with Crippen molar-refractivity contribution in [3.8, 4) is 16.9 Å². The number of carbonyl (C=O) groups is 1. The van der Waals surface area contributed by atoms with Crippen molar-refractivity contribution in [2.75, 3.05) is 13.2 Å². The zero-order valence-corrected chi connectivity index (χ0v) is 29.9. The summed E-state index contributed by atoms with van der Waals surface area (Å²) in [5.41, 5.74) is 7.29. The summed E-state index contributed by atoms with van der Waals surface area (Å²) in [7, 11) is 3.78. The third kappa shape index (κ3) is 6.50. The number of aromatic carboxylic acids is 1. The van der Waals surface area contributed by atoms with Crippen LogP contribution in [-0.4, -0.2) is 53.5 Å². The van der Waals surface area contributed by atoms with Crippen LogP contribution in [0.25, 0.3) is 32.8 Å². The SMILES string of the molecule is Cc1c(C(=O)O)n2c3ccc(Cl)c(c13)-c1c(nn(C)c1C)C(CCCO)OCc1cc(n(C)n1)CCc1cc(c3ccc(F)cc3c1)OCCC2. The number of ether oxygens (including phenoxy) is 2. The molecular weight excluding hydrogens is 673 g/mol. The fraction of sp³-hybridized carbons (Fsp3) is 0.359. The molecular formula is C39H41ClFN5O5. The first-order chi connectivity index (χ1) is 24.5. The average Bonchev–Trinajstić information content (AvgIpc) is 3.70. The molecule has 4 heterocycles. The molecule has 2 N–H and O–H groups in total. The lowest BCUT2D eigenvalue weighted by Gasteiger charge is -2.18. The number of hydrogen-bond donors (Lipinski definition) is 2. The summed E-state index contributed by atoms with van der Waals surface area (Å²) in [6, 6.07) is 14.4. The predicted molar refractivity (Wildman–Crippen MR) is 194 cm³/mol. The number of rotatable bonds is 4. The number of nitrogens with zero attached hydrogens (tertiary/aromatic N) is 5. The minimum absolute atomic E-state index is 0.0120. The standard InChI is InChI=1S/C39H41ClFN5O5/c1-22-34-31-13-12-30(40)36(34)35-23(2)44(3)43-37(35)32(7-5-15-47)51-21-27-20-28(45(4)42-27)10-8-24-17-25-19-26(41)9-11-29(25)33(18-24)50-16-6-14-46(31)38(22)39(48)49/h9,11-13,17-20,32,47H,5-8,10,14-16,21H2,1-4H3,(H,48,49). The van der Waals surface area contributed by atoms with Gasteiger partial charge in [-0.25, -0.2) is 9.18 Å². The number of hydrogen-bond acceptors (Lipinski definition) is 6. The number of carboxylic acid groups (broad SMARTS) is 1. The van der Waals surface area contributed by atoms with Gasteiger partial charge >= 0.3 is 5.97 Å². The highest BCUT2D eigenvalue weighted by atomic mass is 35.5. The molecule has 0 aliphatic carbocycles. The van der Waals surface area contributed by atoms with Crippen LogP contribution < -0.4 is 4.74 Å².